The molecule has 0 atom stereocenters. The Morgan fingerprint density at radius 3 is 2.48 bits per heavy atom. The summed E-state index contributed by atoms with van der Waals surface area (Å²) < 4.78 is 11.6. The third kappa shape index (κ3) is 5.71. The Balaban J connectivity index is 1.57. The maximum absolute atomic E-state index is 12.6. The number of nitrogens with zero attached hydrogens (tertiary/aromatic N) is 1. The smallest absolute Gasteiger partial charge is 0.343 e. The topological polar surface area (TPSA) is 77.0 Å². The lowest BCUT2D eigenvalue weighted by Crippen LogP contribution is -2.19. The first-order valence-electron chi connectivity index (χ1n) is 9.93. The predicted octanol–water partition coefficient (Wildman–Crippen LogP) is 5.88. The van der Waals surface area contributed by atoms with Gasteiger partial charge in [-0.3, -0.25) is 4.79 Å². The number of rotatable bonds is 5. The number of esters is 1. The molecule has 1 aliphatic heterocycles. The predicted molar refractivity (Wildman–Crippen MR) is 134 cm³/mol. The van der Waals surface area contributed by atoms with Gasteiger partial charge in [-0.15, -0.1) is 0 Å². The number of halogens is 1. The van der Waals surface area contributed by atoms with Crippen molar-refractivity contribution >= 4 is 56.5 Å². The number of aryl methyl sites for hydroxylation is 1. The van der Waals surface area contributed by atoms with Crippen LogP contribution in [0.15, 0.2) is 81.1 Å². The fourth-order valence-electron chi connectivity index (χ4n) is 2.97. The number of benzene rings is 3. The van der Waals surface area contributed by atoms with Crippen molar-refractivity contribution in [3.63, 3.8) is 0 Å². The first kappa shape index (κ1) is 22.8. The van der Waals surface area contributed by atoms with Crippen molar-refractivity contribution in [3.8, 4) is 11.5 Å². The van der Waals surface area contributed by atoms with Gasteiger partial charge in [0.2, 0.25) is 0 Å². The first-order chi connectivity index (χ1) is 15.9. The minimum Gasteiger partial charge on any atom is -0.497 e. The highest BCUT2D eigenvalue weighted by Crippen LogP contribution is 2.32. The summed E-state index contributed by atoms with van der Waals surface area (Å²) in [5.74, 6) is 0.334. The second kappa shape index (κ2) is 10.1. The molecule has 0 saturated carbocycles. The summed E-state index contributed by atoms with van der Waals surface area (Å²) in [4.78, 5) is 30.0. The molecule has 3 aromatic rings. The zero-order valence-electron chi connectivity index (χ0n) is 17.8. The zero-order valence-corrected chi connectivity index (χ0v) is 20.2. The molecule has 33 heavy (non-hydrogen) atoms. The Morgan fingerprint density at radius 1 is 1.06 bits per heavy atom. The van der Waals surface area contributed by atoms with Gasteiger partial charge in [-0.25, -0.2) is 9.79 Å². The summed E-state index contributed by atoms with van der Waals surface area (Å²) in [6.45, 7) is 1.95. The molecular formula is C25H19BrN2O4S. The van der Waals surface area contributed by atoms with E-state index in [2.05, 4.69) is 26.2 Å². The highest BCUT2D eigenvalue weighted by atomic mass is 79.9. The first-order valence-corrected chi connectivity index (χ1v) is 11.5. The number of amidine groups is 1. The normalized spacial score (nSPS) is 15.5. The number of nitrogens with one attached hydrogen (secondary N) is 1. The molecule has 3 aromatic carbocycles. The van der Waals surface area contributed by atoms with Crippen LogP contribution in [0.5, 0.6) is 11.5 Å². The molecule has 0 spiro atoms. The maximum atomic E-state index is 12.6. The van der Waals surface area contributed by atoms with Crippen LogP contribution in [-0.2, 0) is 4.79 Å². The number of amides is 1. The molecule has 1 heterocycles. The molecule has 8 heteroatoms. The molecule has 1 N–H and O–H groups in total. The van der Waals surface area contributed by atoms with Crippen molar-refractivity contribution in [2.75, 3.05) is 7.11 Å². The van der Waals surface area contributed by atoms with E-state index in [1.165, 1.54) is 11.8 Å². The van der Waals surface area contributed by atoms with Crippen molar-refractivity contribution < 1.29 is 19.1 Å². The van der Waals surface area contributed by atoms with Crippen molar-refractivity contribution in [1.82, 2.24) is 5.32 Å². The van der Waals surface area contributed by atoms with Gasteiger partial charge in [-0.2, -0.15) is 0 Å². The molecule has 166 valence electrons. The van der Waals surface area contributed by atoms with Crippen molar-refractivity contribution in [2.45, 2.75) is 6.92 Å². The van der Waals surface area contributed by atoms with Gasteiger partial charge in [-0.05, 0) is 79.4 Å². The Labute approximate surface area is 203 Å². The van der Waals surface area contributed by atoms with Crippen LogP contribution in [0.2, 0.25) is 0 Å². The largest absolute Gasteiger partial charge is 0.497 e. The van der Waals surface area contributed by atoms with E-state index in [1.54, 1.807) is 67.8 Å². The number of aliphatic imine (C=N–C) groups is 1. The van der Waals surface area contributed by atoms with E-state index in [9.17, 15) is 9.59 Å². The van der Waals surface area contributed by atoms with Gasteiger partial charge in [-0.1, -0.05) is 33.6 Å². The van der Waals surface area contributed by atoms with E-state index in [0.717, 1.165) is 15.8 Å². The summed E-state index contributed by atoms with van der Waals surface area (Å²) >= 11 is 4.65. The standard InChI is InChI=1S/C25H19BrN2O4S/c1-15-3-5-16(6-4-15)24(30)32-21-12-7-18(26)13-17(21)14-22-23(29)28-25(33-22)27-19-8-10-20(31-2)11-9-19/h3-14H,1-2H3,(H,27,28,29)/b22-14-. The van der Waals surface area contributed by atoms with Gasteiger partial charge in [0.05, 0.1) is 23.3 Å². The number of methoxy groups -OCH3 is 1. The molecule has 0 aromatic heterocycles. The van der Waals surface area contributed by atoms with E-state index >= 15 is 0 Å². The summed E-state index contributed by atoms with van der Waals surface area (Å²) in [6.07, 6.45) is 1.68. The van der Waals surface area contributed by atoms with Gasteiger partial charge in [0.25, 0.3) is 5.91 Å². The highest BCUT2D eigenvalue weighted by Gasteiger charge is 2.24. The molecular weight excluding hydrogens is 504 g/mol. The van der Waals surface area contributed by atoms with Crippen LogP contribution >= 0.6 is 27.7 Å². The van der Waals surface area contributed by atoms with Crippen LogP contribution in [0.25, 0.3) is 6.08 Å². The summed E-state index contributed by atoms with van der Waals surface area (Å²) in [5.41, 5.74) is 2.78. The number of carbonyl (C=O) groups excluding carboxylic acids is 2. The molecule has 0 unspecified atom stereocenters. The fraction of sp³-hybridized carbons (Fsp3) is 0.0800. The van der Waals surface area contributed by atoms with Gasteiger partial charge in [0.15, 0.2) is 5.17 Å². The van der Waals surface area contributed by atoms with Crippen LogP contribution in [0, 0.1) is 6.92 Å². The summed E-state index contributed by atoms with van der Waals surface area (Å²) in [5, 5.41) is 3.22. The number of hydrogen-bond acceptors (Lipinski definition) is 6. The van der Waals surface area contributed by atoms with E-state index < -0.39 is 5.97 Å². The van der Waals surface area contributed by atoms with Crippen molar-refractivity contribution in [3.05, 3.63) is 92.8 Å². The Bertz CT molecular complexity index is 1270. The number of carbonyl (C=O) groups is 2. The highest BCUT2D eigenvalue weighted by molar-refractivity contribution is 9.10. The third-order valence-corrected chi connectivity index (χ3v) is 6.11. The Hall–Kier alpha value is -3.36. The maximum Gasteiger partial charge on any atom is 0.343 e. The third-order valence-electron chi connectivity index (χ3n) is 4.70. The molecule has 1 fully saturated rings. The van der Waals surface area contributed by atoms with E-state index in [1.807, 2.05) is 19.1 Å². The number of hydrogen-bond donors (Lipinski definition) is 1. The molecule has 4 rings (SSSR count). The van der Waals surface area contributed by atoms with Crippen LogP contribution < -0.4 is 14.8 Å². The Kier molecular flexibility index (Phi) is 6.96. The van der Waals surface area contributed by atoms with Crippen LogP contribution in [0.3, 0.4) is 0 Å². The molecule has 0 aliphatic carbocycles. The monoisotopic (exact) mass is 522 g/mol. The molecule has 0 bridgehead atoms. The number of ether oxygens (including phenoxy) is 2. The molecule has 0 radical (unpaired) electrons. The van der Waals surface area contributed by atoms with E-state index in [-0.39, 0.29) is 5.91 Å². The number of thioether (sulfide) groups is 1. The van der Waals surface area contributed by atoms with Gasteiger partial charge < -0.3 is 14.8 Å². The quantitative estimate of drug-likeness (QED) is 0.257. The van der Waals surface area contributed by atoms with Gasteiger partial charge in [0.1, 0.15) is 11.5 Å². The van der Waals surface area contributed by atoms with E-state index in [0.29, 0.717) is 32.6 Å². The van der Waals surface area contributed by atoms with Gasteiger partial charge in [0, 0.05) is 10.0 Å². The second-order valence-electron chi connectivity index (χ2n) is 7.12. The molecule has 1 saturated heterocycles. The Morgan fingerprint density at radius 2 is 1.79 bits per heavy atom. The zero-order chi connectivity index (χ0) is 23.4. The minimum absolute atomic E-state index is 0.275. The van der Waals surface area contributed by atoms with Gasteiger partial charge >= 0.3 is 5.97 Å². The fourth-order valence-corrected chi connectivity index (χ4v) is 4.18. The second-order valence-corrected chi connectivity index (χ2v) is 9.06. The van der Waals surface area contributed by atoms with E-state index in [4.69, 9.17) is 9.47 Å². The molecule has 1 aliphatic rings. The average Bonchev–Trinajstić information content (AvgIpc) is 3.15. The molecule has 6 nitrogen and oxygen atoms in total. The minimum atomic E-state index is -0.470. The molecule has 1 amide bonds. The average molecular weight is 523 g/mol. The van der Waals surface area contributed by atoms with Crippen molar-refractivity contribution in [1.29, 1.82) is 0 Å². The lowest BCUT2D eigenvalue weighted by Gasteiger charge is -2.09. The van der Waals surface area contributed by atoms with Crippen LogP contribution in [0.1, 0.15) is 21.5 Å². The summed E-state index contributed by atoms with van der Waals surface area (Å²) in [7, 11) is 1.60. The summed E-state index contributed by atoms with van der Waals surface area (Å²) in [6, 6.07) is 19.6. The lowest BCUT2D eigenvalue weighted by molar-refractivity contribution is -0.115. The van der Waals surface area contributed by atoms with Crippen LogP contribution in [0.4, 0.5) is 5.69 Å². The van der Waals surface area contributed by atoms with Crippen LogP contribution in [-0.4, -0.2) is 24.2 Å². The SMILES string of the molecule is COc1ccc(N=C2NC(=O)/C(=C/c3cc(Br)ccc3OC(=O)c3ccc(C)cc3)S2)cc1. The lowest BCUT2D eigenvalue weighted by atomic mass is 10.1. The van der Waals surface area contributed by atoms with Crippen molar-refractivity contribution in [2.24, 2.45) is 4.99 Å².